The van der Waals surface area contributed by atoms with Crippen LogP contribution in [-0.4, -0.2) is 53.0 Å². The van der Waals surface area contributed by atoms with Gasteiger partial charge in [-0.3, -0.25) is 0 Å². The number of nitrogens with zero attached hydrogens (tertiary/aromatic N) is 3. The molecule has 2 aromatic rings. The summed E-state index contributed by atoms with van der Waals surface area (Å²) < 4.78 is 16.8. The quantitative estimate of drug-likeness (QED) is 0.682. The van der Waals surface area contributed by atoms with Gasteiger partial charge >= 0.3 is 6.09 Å². The van der Waals surface area contributed by atoms with Crippen LogP contribution in [0.4, 0.5) is 4.79 Å². The molecule has 0 bridgehead atoms. The maximum Gasteiger partial charge on any atom is 0.410 e. The molecule has 2 heterocycles. The number of carbonyl (C=O) groups is 1. The van der Waals surface area contributed by atoms with Crippen LogP contribution in [0.1, 0.15) is 57.8 Å². The molecule has 3 rings (SSSR count). The summed E-state index contributed by atoms with van der Waals surface area (Å²) in [5, 5.41) is 4.89. The average molecular weight is 436 g/mol. The van der Waals surface area contributed by atoms with E-state index in [2.05, 4.69) is 5.16 Å². The minimum Gasteiger partial charge on any atom is -0.444 e. The van der Waals surface area contributed by atoms with Crippen molar-refractivity contribution in [3.05, 3.63) is 46.6 Å². The van der Waals surface area contributed by atoms with Crippen LogP contribution in [0.25, 0.3) is 0 Å². The second-order valence-corrected chi connectivity index (χ2v) is 9.30. The SMILES string of the molecule is C[C@H](Cc1noc(C2(c3ccc(Cl)cc3)CCOCC2)n1)N(C)C(=O)OC(C)(C)C. The van der Waals surface area contributed by atoms with Crippen molar-refractivity contribution in [2.24, 2.45) is 0 Å². The van der Waals surface area contributed by atoms with E-state index < -0.39 is 11.0 Å². The van der Waals surface area contributed by atoms with E-state index in [4.69, 9.17) is 30.6 Å². The van der Waals surface area contributed by atoms with Crippen LogP contribution in [0, 0.1) is 0 Å². The van der Waals surface area contributed by atoms with Gasteiger partial charge in [0, 0.05) is 37.7 Å². The highest BCUT2D eigenvalue weighted by Gasteiger charge is 2.41. The molecule has 0 unspecified atom stereocenters. The van der Waals surface area contributed by atoms with E-state index in [0.717, 1.165) is 18.4 Å². The third-order valence-corrected chi connectivity index (χ3v) is 5.69. The molecule has 1 aliphatic heterocycles. The summed E-state index contributed by atoms with van der Waals surface area (Å²) in [6.07, 6.45) is 1.60. The average Bonchev–Trinajstić information content (AvgIpc) is 3.16. The summed E-state index contributed by atoms with van der Waals surface area (Å²) in [7, 11) is 1.72. The van der Waals surface area contributed by atoms with Gasteiger partial charge in [0.05, 0.1) is 5.41 Å². The van der Waals surface area contributed by atoms with Crippen molar-refractivity contribution in [2.75, 3.05) is 20.3 Å². The van der Waals surface area contributed by atoms with E-state index in [9.17, 15) is 4.79 Å². The van der Waals surface area contributed by atoms with Crippen molar-refractivity contribution in [2.45, 2.75) is 64.0 Å². The number of hydrogen-bond acceptors (Lipinski definition) is 6. The molecule has 0 N–H and O–H groups in total. The molecular formula is C22H30ClN3O4. The number of amides is 1. The Morgan fingerprint density at radius 1 is 1.27 bits per heavy atom. The van der Waals surface area contributed by atoms with Crippen LogP contribution >= 0.6 is 11.6 Å². The van der Waals surface area contributed by atoms with Crippen LogP contribution in [0.15, 0.2) is 28.8 Å². The monoisotopic (exact) mass is 435 g/mol. The maximum absolute atomic E-state index is 12.3. The zero-order valence-electron chi connectivity index (χ0n) is 18.3. The van der Waals surface area contributed by atoms with Gasteiger partial charge in [-0.25, -0.2) is 4.79 Å². The highest BCUT2D eigenvalue weighted by Crippen LogP contribution is 2.40. The molecule has 0 radical (unpaired) electrons. The fraction of sp³-hybridized carbons (Fsp3) is 0.591. The van der Waals surface area contributed by atoms with Crippen LogP contribution in [0.3, 0.4) is 0 Å². The van der Waals surface area contributed by atoms with E-state index in [1.165, 1.54) is 0 Å². The van der Waals surface area contributed by atoms with E-state index in [1.807, 2.05) is 52.0 Å². The number of halogens is 1. The number of ether oxygens (including phenoxy) is 2. The van der Waals surface area contributed by atoms with Gasteiger partial charge in [0.1, 0.15) is 5.60 Å². The molecule has 1 aliphatic rings. The number of benzene rings is 1. The van der Waals surface area contributed by atoms with Crippen molar-refractivity contribution in [3.8, 4) is 0 Å². The molecule has 30 heavy (non-hydrogen) atoms. The van der Waals surface area contributed by atoms with Crippen molar-refractivity contribution >= 4 is 17.7 Å². The van der Waals surface area contributed by atoms with Gasteiger partial charge in [0.2, 0.25) is 5.89 Å². The summed E-state index contributed by atoms with van der Waals surface area (Å²) in [5.74, 6) is 1.14. The number of aromatic nitrogens is 2. The van der Waals surface area contributed by atoms with E-state index in [1.54, 1.807) is 11.9 Å². The lowest BCUT2D eigenvalue weighted by Crippen LogP contribution is -2.40. The number of carbonyl (C=O) groups excluding carboxylic acids is 1. The first-order chi connectivity index (χ1) is 14.1. The lowest BCUT2D eigenvalue weighted by Gasteiger charge is -2.34. The largest absolute Gasteiger partial charge is 0.444 e. The van der Waals surface area contributed by atoms with E-state index in [0.29, 0.717) is 36.4 Å². The first-order valence-electron chi connectivity index (χ1n) is 10.2. The Morgan fingerprint density at radius 2 is 1.90 bits per heavy atom. The molecule has 1 aromatic heterocycles. The van der Waals surface area contributed by atoms with E-state index >= 15 is 0 Å². The molecule has 0 saturated carbocycles. The minimum absolute atomic E-state index is 0.147. The molecule has 1 aromatic carbocycles. The van der Waals surface area contributed by atoms with E-state index in [-0.39, 0.29) is 12.1 Å². The first-order valence-corrected chi connectivity index (χ1v) is 10.6. The summed E-state index contributed by atoms with van der Waals surface area (Å²) in [5.41, 5.74) is 0.150. The highest BCUT2D eigenvalue weighted by atomic mass is 35.5. The lowest BCUT2D eigenvalue weighted by atomic mass is 9.74. The normalized spacial score (nSPS) is 17.4. The molecule has 7 nitrogen and oxygen atoms in total. The second kappa shape index (κ2) is 8.94. The summed E-state index contributed by atoms with van der Waals surface area (Å²) in [4.78, 5) is 18.6. The highest BCUT2D eigenvalue weighted by molar-refractivity contribution is 6.30. The molecule has 1 atom stereocenters. The fourth-order valence-electron chi connectivity index (χ4n) is 3.56. The Hall–Kier alpha value is -2.12. The number of likely N-dealkylation sites (N-methyl/N-ethyl adjacent to an activating group) is 1. The zero-order chi connectivity index (χ0) is 21.9. The number of rotatable bonds is 5. The summed E-state index contributed by atoms with van der Waals surface area (Å²) in [6.45, 7) is 8.72. The van der Waals surface area contributed by atoms with Gasteiger partial charge in [0.15, 0.2) is 5.82 Å². The lowest BCUT2D eigenvalue weighted by molar-refractivity contribution is 0.0234. The Morgan fingerprint density at radius 3 is 2.50 bits per heavy atom. The Labute approximate surface area is 182 Å². The van der Waals surface area contributed by atoms with Crippen LogP contribution in [-0.2, 0) is 21.3 Å². The van der Waals surface area contributed by atoms with Crippen LogP contribution in [0.2, 0.25) is 5.02 Å². The maximum atomic E-state index is 12.3. The molecule has 8 heteroatoms. The van der Waals surface area contributed by atoms with Gasteiger partial charge in [-0.15, -0.1) is 0 Å². The smallest absolute Gasteiger partial charge is 0.410 e. The van der Waals surface area contributed by atoms with Gasteiger partial charge in [-0.05, 0) is 58.2 Å². The predicted molar refractivity (Wildman–Crippen MR) is 114 cm³/mol. The van der Waals surface area contributed by atoms with Crippen molar-refractivity contribution < 1.29 is 18.8 Å². The molecule has 1 fully saturated rings. The molecule has 0 spiro atoms. The first kappa shape index (κ1) is 22.6. The minimum atomic E-state index is -0.543. The standard InChI is InChI=1S/C22H30ClN3O4/c1-15(26(5)20(27)29-21(2,3)4)14-18-24-19(30-25-18)22(10-12-28-13-11-22)16-6-8-17(23)9-7-16/h6-9,15H,10-14H2,1-5H3/t15-/m1/s1. The van der Waals surface area contributed by atoms with Gasteiger partial charge in [0.25, 0.3) is 0 Å². The molecule has 0 aliphatic carbocycles. The van der Waals surface area contributed by atoms with Gasteiger partial charge in [-0.2, -0.15) is 4.98 Å². The molecule has 1 amide bonds. The topological polar surface area (TPSA) is 77.7 Å². The molecule has 164 valence electrons. The zero-order valence-corrected chi connectivity index (χ0v) is 19.0. The fourth-order valence-corrected chi connectivity index (χ4v) is 3.69. The number of hydrogen-bond donors (Lipinski definition) is 0. The third kappa shape index (κ3) is 5.13. The summed E-state index contributed by atoms with van der Waals surface area (Å²) in [6, 6.07) is 7.63. The Balaban J connectivity index is 1.78. The Bertz CT molecular complexity index is 854. The second-order valence-electron chi connectivity index (χ2n) is 8.86. The van der Waals surface area contributed by atoms with Crippen molar-refractivity contribution in [1.82, 2.24) is 15.0 Å². The van der Waals surface area contributed by atoms with Crippen molar-refractivity contribution in [1.29, 1.82) is 0 Å². The van der Waals surface area contributed by atoms with Crippen LogP contribution in [0.5, 0.6) is 0 Å². The molecule has 1 saturated heterocycles. The summed E-state index contributed by atoms with van der Waals surface area (Å²) >= 11 is 6.08. The Kier molecular flexibility index (Phi) is 6.72. The van der Waals surface area contributed by atoms with Crippen LogP contribution < -0.4 is 0 Å². The predicted octanol–water partition coefficient (Wildman–Crippen LogP) is 4.62. The molecular weight excluding hydrogens is 406 g/mol. The van der Waals surface area contributed by atoms with Crippen molar-refractivity contribution in [3.63, 3.8) is 0 Å². The third-order valence-electron chi connectivity index (χ3n) is 5.44. The van der Waals surface area contributed by atoms with Gasteiger partial charge < -0.3 is 18.9 Å². The van der Waals surface area contributed by atoms with Gasteiger partial charge in [-0.1, -0.05) is 28.9 Å².